The molecule has 6 heteroatoms. The number of carbonyl (C=O) groups is 1. The summed E-state index contributed by atoms with van der Waals surface area (Å²) in [7, 11) is 0. The molecule has 6 aromatic rings. The second-order valence-electron chi connectivity index (χ2n) is 7.77. The third-order valence-electron chi connectivity index (χ3n) is 5.69. The Morgan fingerprint density at radius 1 is 0.667 bits per heavy atom. The van der Waals surface area contributed by atoms with Crippen LogP contribution in [0.2, 0.25) is 0 Å². The third-order valence-corrected chi connectivity index (χ3v) is 5.69. The molecule has 162 valence electrons. The number of carboxylic acids is 1. The summed E-state index contributed by atoms with van der Waals surface area (Å²) in [6, 6.07) is 28.6. The Hall–Kier alpha value is -4.58. The molecule has 6 rings (SSSR count). The van der Waals surface area contributed by atoms with E-state index in [1.54, 1.807) is 0 Å². The molecule has 0 amide bonds. The Kier molecular flexibility index (Phi) is 5.03. The minimum absolute atomic E-state index is 0.541. The van der Waals surface area contributed by atoms with Crippen LogP contribution in [0.4, 0.5) is 0 Å². The van der Waals surface area contributed by atoms with E-state index in [-0.39, 0.29) is 0 Å². The van der Waals surface area contributed by atoms with Crippen LogP contribution in [0, 0.1) is 0 Å². The maximum absolute atomic E-state index is 10.1. The maximum atomic E-state index is 10.1. The van der Waals surface area contributed by atoms with Crippen LogP contribution in [-0.2, 0) is 4.79 Å². The van der Waals surface area contributed by atoms with E-state index < -0.39 is 5.97 Å². The molecule has 0 atom stereocenters. The van der Waals surface area contributed by atoms with E-state index in [2.05, 4.69) is 51.5 Å². The summed E-state index contributed by atoms with van der Waals surface area (Å²) in [6.45, 7) is 1.08. The number of aliphatic carboxylic acids is 1. The number of hydrogen-bond acceptors (Lipinski definition) is 3. The number of nitrogens with one attached hydrogen (secondary N) is 2. The Balaban J connectivity index is 0.000000531. The Labute approximate surface area is 188 Å². The van der Waals surface area contributed by atoms with Gasteiger partial charge in [-0.15, -0.1) is 0 Å². The molecule has 4 N–H and O–H groups in total. The SMILES string of the molecule is CC(=O)O.ON=C(c1cccc2c1[nH]c1ccccc12)c1cccc2c1[nH]c1ccccc12. The van der Waals surface area contributed by atoms with Crippen molar-refractivity contribution < 1.29 is 15.1 Å². The molecule has 0 aliphatic carbocycles. The van der Waals surface area contributed by atoms with Crippen molar-refractivity contribution in [3.05, 3.63) is 96.1 Å². The summed E-state index contributed by atoms with van der Waals surface area (Å²) >= 11 is 0. The van der Waals surface area contributed by atoms with Gasteiger partial charge in [-0.2, -0.15) is 0 Å². The number of aromatic nitrogens is 2. The molecule has 0 saturated heterocycles. The molecule has 2 heterocycles. The summed E-state index contributed by atoms with van der Waals surface area (Å²) < 4.78 is 0. The van der Waals surface area contributed by atoms with Gasteiger partial charge in [0.05, 0.1) is 11.0 Å². The van der Waals surface area contributed by atoms with Crippen LogP contribution >= 0.6 is 0 Å². The smallest absolute Gasteiger partial charge is 0.300 e. The zero-order valence-electron chi connectivity index (χ0n) is 17.8. The molecule has 0 saturated carbocycles. The van der Waals surface area contributed by atoms with Crippen LogP contribution in [0.5, 0.6) is 0 Å². The van der Waals surface area contributed by atoms with Crippen LogP contribution in [-0.4, -0.2) is 32.0 Å². The van der Waals surface area contributed by atoms with Gasteiger partial charge in [0.25, 0.3) is 5.97 Å². The highest BCUT2D eigenvalue weighted by Crippen LogP contribution is 2.32. The first-order valence-electron chi connectivity index (χ1n) is 10.5. The van der Waals surface area contributed by atoms with Gasteiger partial charge in [-0.1, -0.05) is 78.0 Å². The van der Waals surface area contributed by atoms with Gasteiger partial charge in [0.2, 0.25) is 0 Å². The topological polar surface area (TPSA) is 101 Å². The van der Waals surface area contributed by atoms with Crippen LogP contribution in [0.3, 0.4) is 0 Å². The molecule has 33 heavy (non-hydrogen) atoms. The summed E-state index contributed by atoms with van der Waals surface area (Å²) in [5.41, 5.74) is 6.34. The summed E-state index contributed by atoms with van der Waals surface area (Å²) in [5, 5.41) is 25.8. The van der Waals surface area contributed by atoms with Crippen molar-refractivity contribution in [2.75, 3.05) is 0 Å². The highest BCUT2D eigenvalue weighted by atomic mass is 16.4. The van der Waals surface area contributed by atoms with Gasteiger partial charge in [-0.3, -0.25) is 4.79 Å². The van der Waals surface area contributed by atoms with Gasteiger partial charge < -0.3 is 20.3 Å². The number of carboxylic acid groups (broad SMARTS) is 1. The second-order valence-corrected chi connectivity index (χ2v) is 7.77. The van der Waals surface area contributed by atoms with Crippen molar-refractivity contribution in [2.45, 2.75) is 6.92 Å². The fraction of sp³-hybridized carbons (Fsp3) is 0.0370. The number of benzene rings is 4. The molecule has 2 aromatic heterocycles. The molecule has 0 fully saturated rings. The third kappa shape index (κ3) is 3.47. The molecule has 4 aromatic carbocycles. The fourth-order valence-corrected chi connectivity index (χ4v) is 4.39. The number of hydrogen-bond donors (Lipinski definition) is 4. The molecular formula is C27H21N3O3. The van der Waals surface area contributed by atoms with E-state index >= 15 is 0 Å². The fourth-order valence-electron chi connectivity index (χ4n) is 4.39. The summed E-state index contributed by atoms with van der Waals surface area (Å²) in [6.07, 6.45) is 0. The predicted molar refractivity (Wildman–Crippen MR) is 132 cm³/mol. The van der Waals surface area contributed by atoms with E-state index in [0.29, 0.717) is 5.71 Å². The highest BCUT2D eigenvalue weighted by Gasteiger charge is 2.18. The molecule has 0 aliphatic heterocycles. The number of aromatic amines is 2. The largest absolute Gasteiger partial charge is 0.481 e. The quantitative estimate of drug-likeness (QED) is 0.146. The minimum atomic E-state index is -0.833. The predicted octanol–water partition coefficient (Wildman–Crippen LogP) is 6.27. The van der Waals surface area contributed by atoms with Gasteiger partial charge >= 0.3 is 0 Å². The van der Waals surface area contributed by atoms with E-state index in [1.807, 2.05) is 48.5 Å². The zero-order chi connectivity index (χ0) is 22.9. The molecule has 0 radical (unpaired) electrons. The molecule has 0 spiro atoms. The number of rotatable bonds is 2. The number of H-pyrrole nitrogens is 2. The zero-order valence-corrected chi connectivity index (χ0v) is 17.8. The van der Waals surface area contributed by atoms with Crippen molar-refractivity contribution in [1.82, 2.24) is 9.97 Å². The lowest BCUT2D eigenvalue weighted by Gasteiger charge is -2.08. The van der Waals surface area contributed by atoms with Crippen molar-refractivity contribution in [2.24, 2.45) is 5.16 Å². The van der Waals surface area contributed by atoms with Crippen molar-refractivity contribution >= 4 is 55.3 Å². The highest BCUT2D eigenvalue weighted by molar-refractivity contribution is 6.26. The number of nitrogens with zero attached hydrogens (tertiary/aromatic N) is 1. The van der Waals surface area contributed by atoms with Gasteiger partial charge in [0.1, 0.15) is 5.71 Å². The Morgan fingerprint density at radius 3 is 1.48 bits per heavy atom. The van der Waals surface area contributed by atoms with Crippen molar-refractivity contribution in [3.63, 3.8) is 0 Å². The van der Waals surface area contributed by atoms with Gasteiger partial charge in [0, 0.05) is 50.6 Å². The molecule has 6 nitrogen and oxygen atoms in total. The first kappa shape index (κ1) is 20.3. The van der Waals surface area contributed by atoms with E-state index in [1.165, 1.54) is 0 Å². The average Bonchev–Trinajstić information content (AvgIpc) is 3.39. The number of para-hydroxylation sites is 4. The lowest BCUT2D eigenvalue weighted by Crippen LogP contribution is -2.05. The van der Waals surface area contributed by atoms with Gasteiger partial charge in [-0.05, 0) is 12.1 Å². The Bertz CT molecular complexity index is 1550. The normalized spacial score (nSPS) is 10.9. The molecule has 0 bridgehead atoms. The lowest BCUT2D eigenvalue weighted by atomic mass is 9.97. The lowest BCUT2D eigenvalue weighted by molar-refractivity contribution is -0.134. The summed E-state index contributed by atoms with van der Waals surface area (Å²) in [4.78, 5) is 16.0. The van der Waals surface area contributed by atoms with E-state index in [0.717, 1.165) is 61.7 Å². The van der Waals surface area contributed by atoms with Crippen molar-refractivity contribution in [3.8, 4) is 0 Å². The van der Waals surface area contributed by atoms with Gasteiger partial charge in [-0.25, -0.2) is 0 Å². The first-order chi connectivity index (χ1) is 16.1. The van der Waals surface area contributed by atoms with Crippen LogP contribution in [0.1, 0.15) is 18.1 Å². The monoisotopic (exact) mass is 435 g/mol. The van der Waals surface area contributed by atoms with E-state index in [4.69, 9.17) is 9.90 Å². The van der Waals surface area contributed by atoms with Crippen molar-refractivity contribution in [1.29, 1.82) is 0 Å². The van der Waals surface area contributed by atoms with Gasteiger partial charge in [0.15, 0.2) is 0 Å². The molecular weight excluding hydrogens is 414 g/mol. The first-order valence-corrected chi connectivity index (χ1v) is 10.5. The average molecular weight is 435 g/mol. The number of oxime groups is 1. The summed E-state index contributed by atoms with van der Waals surface area (Å²) in [5.74, 6) is -0.833. The minimum Gasteiger partial charge on any atom is -0.481 e. The van der Waals surface area contributed by atoms with Crippen LogP contribution in [0.25, 0.3) is 43.6 Å². The number of fused-ring (bicyclic) bond motifs is 6. The molecule has 0 aliphatic rings. The Morgan fingerprint density at radius 2 is 1.06 bits per heavy atom. The standard InChI is InChI=1S/C25H17N3O.C2H4O2/c29-28-25(19-11-5-9-17-15-7-1-3-13-21(15)26-23(17)19)20-12-6-10-18-16-8-2-4-14-22(16)27-24(18)20;1-2(3)4/h1-14,26-27,29H;1H3,(H,3,4). The van der Waals surface area contributed by atoms with Crippen LogP contribution in [0.15, 0.2) is 90.1 Å². The second kappa shape index (κ2) is 8.16. The van der Waals surface area contributed by atoms with E-state index in [9.17, 15) is 5.21 Å². The maximum Gasteiger partial charge on any atom is 0.300 e. The molecule has 0 unspecified atom stereocenters. The van der Waals surface area contributed by atoms with Crippen LogP contribution < -0.4 is 0 Å².